The Kier molecular flexibility index (Phi) is 2.91. The van der Waals surface area contributed by atoms with Crippen LogP contribution in [0.15, 0.2) is 22.6 Å². The smallest absolute Gasteiger partial charge is 0.411 e. The number of nitrogens with one attached hydrogen (secondary N) is 1. The first-order valence-electron chi connectivity index (χ1n) is 5.34. The van der Waals surface area contributed by atoms with Gasteiger partial charge in [0.05, 0.1) is 12.3 Å². The van der Waals surface area contributed by atoms with Crippen LogP contribution < -0.4 is 11.1 Å². The van der Waals surface area contributed by atoms with Gasteiger partial charge in [-0.3, -0.25) is 5.32 Å². The van der Waals surface area contributed by atoms with E-state index in [9.17, 15) is 4.79 Å². The molecule has 2 rings (SSSR count). The van der Waals surface area contributed by atoms with E-state index in [0.717, 1.165) is 11.1 Å². The molecule has 0 aliphatic heterocycles. The lowest BCUT2D eigenvalue weighted by atomic mass is 10.2. The fourth-order valence-electron chi connectivity index (χ4n) is 1.64. The van der Waals surface area contributed by atoms with E-state index < -0.39 is 6.09 Å². The highest BCUT2D eigenvalue weighted by atomic mass is 16.5. The van der Waals surface area contributed by atoms with Crippen LogP contribution in [0.2, 0.25) is 0 Å². The Morgan fingerprint density at radius 2 is 2.29 bits per heavy atom. The highest BCUT2D eigenvalue weighted by Gasteiger charge is 2.11. The van der Waals surface area contributed by atoms with Crippen LogP contribution in [-0.4, -0.2) is 12.7 Å². The third-order valence-electron chi connectivity index (χ3n) is 2.35. The summed E-state index contributed by atoms with van der Waals surface area (Å²) in [7, 11) is 0. The molecule has 0 spiro atoms. The van der Waals surface area contributed by atoms with Crippen molar-refractivity contribution in [3.8, 4) is 0 Å². The standard InChI is InChI=1S/C12H14N2O3/c1-3-16-12(15)14-10-5-4-9(13)8-6-7(2)17-11(8)10/h4-6H,3,13H2,1-2H3,(H,14,15). The third kappa shape index (κ3) is 2.18. The molecule has 0 atom stereocenters. The van der Waals surface area contributed by atoms with Crippen molar-refractivity contribution in [3.05, 3.63) is 24.0 Å². The number of hydrogen-bond donors (Lipinski definition) is 2. The summed E-state index contributed by atoms with van der Waals surface area (Å²) in [5.41, 5.74) is 7.56. The number of carbonyl (C=O) groups excluding carboxylic acids is 1. The molecule has 3 N–H and O–H groups in total. The first kappa shape index (κ1) is 11.3. The lowest BCUT2D eigenvalue weighted by Crippen LogP contribution is -2.13. The van der Waals surface area contributed by atoms with Crippen LogP contribution in [0.4, 0.5) is 16.2 Å². The number of benzene rings is 1. The normalized spacial score (nSPS) is 10.5. The number of hydrogen-bond acceptors (Lipinski definition) is 4. The average molecular weight is 234 g/mol. The summed E-state index contributed by atoms with van der Waals surface area (Å²) in [6.45, 7) is 3.89. The zero-order valence-corrected chi connectivity index (χ0v) is 9.74. The highest BCUT2D eigenvalue weighted by Crippen LogP contribution is 2.31. The number of carbonyl (C=O) groups is 1. The monoisotopic (exact) mass is 234 g/mol. The molecule has 1 aromatic heterocycles. The largest absolute Gasteiger partial charge is 0.459 e. The maximum absolute atomic E-state index is 11.3. The van der Waals surface area contributed by atoms with Crippen molar-refractivity contribution < 1.29 is 13.9 Å². The molecule has 1 amide bonds. The van der Waals surface area contributed by atoms with Crippen molar-refractivity contribution in [2.75, 3.05) is 17.7 Å². The van der Waals surface area contributed by atoms with Gasteiger partial charge in [-0.25, -0.2) is 4.79 Å². The lowest BCUT2D eigenvalue weighted by molar-refractivity contribution is 0.168. The van der Waals surface area contributed by atoms with Gasteiger partial charge in [0.15, 0.2) is 5.58 Å². The van der Waals surface area contributed by atoms with E-state index in [4.69, 9.17) is 14.9 Å². The van der Waals surface area contributed by atoms with Gasteiger partial charge in [0, 0.05) is 11.1 Å². The molecule has 0 aliphatic carbocycles. The number of ether oxygens (including phenoxy) is 1. The minimum absolute atomic E-state index is 0.321. The Morgan fingerprint density at radius 3 is 3.00 bits per heavy atom. The van der Waals surface area contributed by atoms with Crippen LogP contribution in [0.5, 0.6) is 0 Å². The summed E-state index contributed by atoms with van der Waals surface area (Å²) in [4.78, 5) is 11.3. The van der Waals surface area contributed by atoms with Gasteiger partial charge in [0.1, 0.15) is 5.76 Å². The summed E-state index contributed by atoms with van der Waals surface area (Å²) < 4.78 is 10.3. The maximum atomic E-state index is 11.3. The number of nitrogen functional groups attached to an aromatic ring is 1. The van der Waals surface area contributed by atoms with E-state index in [1.807, 2.05) is 13.0 Å². The fraction of sp³-hybridized carbons (Fsp3) is 0.250. The second-order valence-corrected chi connectivity index (χ2v) is 3.65. The molecule has 2 aromatic rings. The van der Waals surface area contributed by atoms with Crippen LogP contribution in [0.1, 0.15) is 12.7 Å². The summed E-state index contributed by atoms with van der Waals surface area (Å²) in [6.07, 6.45) is -0.507. The summed E-state index contributed by atoms with van der Waals surface area (Å²) in [5.74, 6) is 0.741. The quantitative estimate of drug-likeness (QED) is 0.783. The molecule has 5 nitrogen and oxygen atoms in total. The zero-order valence-electron chi connectivity index (χ0n) is 9.74. The van der Waals surface area contributed by atoms with Gasteiger partial charge in [0.2, 0.25) is 0 Å². The number of anilines is 2. The van der Waals surface area contributed by atoms with Gasteiger partial charge in [-0.2, -0.15) is 0 Å². The molecule has 0 aliphatic rings. The number of nitrogens with two attached hydrogens (primary N) is 1. The highest BCUT2D eigenvalue weighted by molar-refractivity contribution is 6.02. The van der Waals surface area contributed by atoms with Crippen molar-refractivity contribution in [2.24, 2.45) is 0 Å². The number of fused-ring (bicyclic) bond motifs is 1. The number of amides is 1. The summed E-state index contributed by atoms with van der Waals surface area (Å²) in [5, 5.41) is 3.40. The molecule has 90 valence electrons. The van der Waals surface area contributed by atoms with E-state index in [-0.39, 0.29) is 0 Å². The molecular formula is C12H14N2O3. The molecule has 0 radical (unpaired) electrons. The SMILES string of the molecule is CCOC(=O)Nc1ccc(N)c2cc(C)oc12. The van der Waals surface area contributed by atoms with Crippen LogP contribution >= 0.6 is 0 Å². The van der Waals surface area contributed by atoms with Gasteiger partial charge >= 0.3 is 6.09 Å². The first-order chi connectivity index (χ1) is 8.11. The Bertz CT molecular complexity index is 560. The number of rotatable bonds is 2. The second kappa shape index (κ2) is 4.37. The first-order valence-corrected chi connectivity index (χ1v) is 5.34. The van der Waals surface area contributed by atoms with E-state index >= 15 is 0 Å². The third-order valence-corrected chi connectivity index (χ3v) is 2.35. The average Bonchev–Trinajstić information content (AvgIpc) is 2.66. The van der Waals surface area contributed by atoms with E-state index in [1.165, 1.54) is 0 Å². The van der Waals surface area contributed by atoms with Gasteiger partial charge in [-0.05, 0) is 32.0 Å². The Hall–Kier alpha value is -2.17. The van der Waals surface area contributed by atoms with Crippen molar-refractivity contribution in [3.63, 3.8) is 0 Å². The molecule has 17 heavy (non-hydrogen) atoms. The zero-order chi connectivity index (χ0) is 12.4. The molecule has 0 bridgehead atoms. The van der Waals surface area contributed by atoms with Crippen molar-refractivity contribution >= 4 is 28.4 Å². The van der Waals surface area contributed by atoms with Crippen molar-refractivity contribution in [1.82, 2.24) is 0 Å². The second-order valence-electron chi connectivity index (χ2n) is 3.65. The molecule has 5 heteroatoms. The molecule has 0 saturated heterocycles. The Balaban J connectivity index is 2.41. The molecular weight excluding hydrogens is 220 g/mol. The van der Waals surface area contributed by atoms with Crippen molar-refractivity contribution in [1.29, 1.82) is 0 Å². The van der Waals surface area contributed by atoms with E-state index in [1.54, 1.807) is 19.1 Å². The predicted molar refractivity (Wildman–Crippen MR) is 66.0 cm³/mol. The van der Waals surface area contributed by atoms with E-state index in [0.29, 0.717) is 23.6 Å². The summed E-state index contributed by atoms with van der Waals surface area (Å²) in [6, 6.07) is 5.25. The minimum Gasteiger partial charge on any atom is -0.459 e. The lowest BCUT2D eigenvalue weighted by Gasteiger charge is -2.06. The molecule has 1 heterocycles. The molecule has 0 unspecified atom stereocenters. The van der Waals surface area contributed by atoms with Crippen LogP contribution in [-0.2, 0) is 4.74 Å². The minimum atomic E-state index is -0.507. The maximum Gasteiger partial charge on any atom is 0.411 e. The van der Waals surface area contributed by atoms with Gasteiger partial charge in [-0.15, -0.1) is 0 Å². The molecule has 0 saturated carbocycles. The predicted octanol–water partition coefficient (Wildman–Crippen LogP) is 2.89. The van der Waals surface area contributed by atoms with Crippen molar-refractivity contribution in [2.45, 2.75) is 13.8 Å². The van der Waals surface area contributed by atoms with Crippen LogP contribution in [0, 0.1) is 6.92 Å². The Labute approximate surface area is 98.5 Å². The molecule has 1 aromatic carbocycles. The van der Waals surface area contributed by atoms with Crippen LogP contribution in [0.3, 0.4) is 0 Å². The fourth-order valence-corrected chi connectivity index (χ4v) is 1.64. The molecule has 0 fully saturated rings. The van der Waals surface area contributed by atoms with Gasteiger partial charge < -0.3 is 14.9 Å². The van der Waals surface area contributed by atoms with Crippen LogP contribution in [0.25, 0.3) is 11.0 Å². The summed E-state index contributed by atoms with van der Waals surface area (Å²) >= 11 is 0. The number of furan rings is 1. The van der Waals surface area contributed by atoms with Gasteiger partial charge in [-0.1, -0.05) is 0 Å². The Morgan fingerprint density at radius 1 is 1.53 bits per heavy atom. The number of aryl methyl sites for hydroxylation is 1. The van der Waals surface area contributed by atoms with E-state index in [2.05, 4.69) is 5.32 Å². The van der Waals surface area contributed by atoms with Gasteiger partial charge in [0.25, 0.3) is 0 Å². The topological polar surface area (TPSA) is 77.5 Å².